The van der Waals surface area contributed by atoms with Crippen molar-refractivity contribution in [1.29, 1.82) is 0 Å². The molecule has 27 heavy (non-hydrogen) atoms. The Labute approximate surface area is 155 Å². The summed E-state index contributed by atoms with van der Waals surface area (Å²) in [5.74, 6) is -0.458. The van der Waals surface area contributed by atoms with Crippen molar-refractivity contribution >= 4 is 23.2 Å². The van der Waals surface area contributed by atoms with Gasteiger partial charge in [0.1, 0.15) is 12.3 Å². The van der Waals surface area contributed by atoms with Gasteiger partial charge in [0.25, 0.3) is 11.6 Å². The summed E-state index contributed by atoms with van der Waals surface area (Å²) in [6.07, 6.45) is 0. The van der Waals surface area contributed by atoms with Crippen LogP contribution in [0.5, 0.6) is 5.75 Å². The highest BCUT2D eigenvalue weighted by Crippen LogP contribution is 2.35. The van der Waals surface area contributed by atoms with Crippen LogP contribution in [0.4, 0.5) is 11.4 Å². The number of rotatable bonds is 5. The molecule has 0 saturated heterocycles. The van der Waals surface area contributed by atoms with Crippen molar-refractivity contribution in [3.05, 3.63) is 63.7 Å². The summed E-state index contributed by atoms with van der Waals surface area (Å²) in [5, 5.41) is 13.9. The molecule has 2 aromatic rings. The monoisotopic (exact) mass is 369 g/mol. The third kappa shape index (κ3) is 3.89. The standard InChI is InChI=1S/C19H19N3O5/c1-12-5-3-4-6-15(12)13(2)20-18(23)10-21-16-9-14(22(25)26)7-8-17(16)27-11-19(21)24/h3-9,13H,10-11H2,1-2H3,(H,20,23). The number of nitrogens with one attached hydrogen (secondary N) is 1. The molecule has 1 aliphatic heterocycles. The number of hydrogen-bond donors (Lipinski definition) is 1. The fourth-order valence-electron chi connectivity index (χ4n) is 3.06. The Morgan fingerprint density at radius 1 is 1.33 bits per heavy atom. The highest BCUT2D eigenvalue weighted by atomic mass is 16.6. The average molecular weight is 369 g/mol. The fourth-order valence-corrected chi connectivity index (χ4v) is 3.06. The number of nitro groups is 1. The molecule has 0 bridgehead atoms. The van der Waals surface area contributed by atoms with E-state index in [-0.39, 0.29) is 36.5 Å². The maximum atomic E-state index is 12.5. The number of fused-ring (bicyclic) bond motifs is 1. The minimum Gasteiger partial charge on any atom is -0.482 e. The van der Waals surface area contributed by atoms with Crippen LogP contribution in [0.25, 0.3) is 0 Å². The lowest BCUT2D eigenvalue weighted by atomic mass is 10.0. The first-order valence-electron chi connectivity index (χ1n) is 8.43. The van der Waals surface area contributed by atoms with E-state index in [2.05, 4.69) is 5.32 Å². The van der Waals surface area contributed by atoms with E-state index in [0.717, 1.165) is 11.1 Å². The number of ether oxygens (including phenoxy) is 1. The first kappa shape index (κ1) is 18.4. The number of nitrogens with zero attached hydrogens (tertiary/aromatic N) is 2. The van der Waals surface area contributed by atoms with Gasteiger partial charge in [0.15, 0.2) is 6.61 Å². The van der Waals surface area contributed by atoms with E-state index < -0.39 is 10.8 Å². The van der Waals surface area contributed by atoms with Gasteiger partial charge in [-0.15, -0.1) is 0 Å². The smallest absolute Gasteiger partial charge is 0.271 e. The topological polar surface area (TPSA) is 102 Å². The summed E-state index contributed by atoms with van der Waals surface area (Å²) in [5.41, 5.74) is 2.08. The number of aryl methyl sites for hydroxylation is 1. The number of nitro benzene ring substituents is 1. The molecule has 8 nitrogen and oxygen atoms in total. The number of anilines is 1. The Balaban J connectivity index is 1.78. The lowest BCUT2D eigenvalue weighted by Crippen LogP contribution is -2.45. The second-order valence-corrected chi connectivity index (χ2v) is 6.32. The van der Waals surface area contributed by atoms with E-state index in [0.29, 0.717) is 5.75 Å². The third-order valence-electron chi connectivity index (χ3n) is 4.43. The zero-order valence-corrected chi connectivity index (χ0v) is 15.0. The molecular weight excluding hydrogens is 350 g/mol. The Bertz CT molecular complexity index is 912. The molecule has 1 heterocycles. The molecule has 0 aromatic heterocycles. The van der Waals surface area contributed by atoms with Gasteiger partial charge >= 0.3 is 0 Å². The summed E-state index contributed by atoms with van der Waals surface area (Å²) in [4.78, 5) is 36.4. The van der Waals surface area contributed by atoms with Gasteiger partial charge in [-0.2, -0.15) is 0 Å². The number of carbonyl (C=O) groups excluding carboxylic acids is 2. The Hall–Kier alpha value is -3.42. The van der Waals surface area contributed by atoms with Crippen LogP contribution in [0.1, 0.15) is 24.1 Å². The molecule has 0 aliphatic carbocycles. The highest BCUT2D eigenvalue weighted by Gasteiger charge is 2.29. The Kier molecular flexibility index (Phi) is 5.07. The minimum atomic E-state index is -0.558. The van der Waals surface area contributed by atoms with Crippen molar-refractivity contribution in [2.45, 2.75) is 19.9 Å². The molecule has 2 amide bonds. The SMILES string of the molecule is Cc1ccccc1C(C)NC(=O)CN1C(=O)COc2ccc([N+](=O)[O-])cc21. The van der Waals surface area contributed by atoms with Gasteiger partial charge < -0.3 is 10.1 Å². The maximum Gasteiger partial charge on any atom is 0.271 e. The Morgan fingerprint density at radius 2 is 2.07 bits per heavy atom. The predicted octanol–water partition coefficient (Wildman–Crippen LogP) is 2.51. The number of non-ortho nitro benzene ring substituents is 1. The molecule has 3 rings (SSSR count). The highest BCUT2D eigenvalue weighted by molar-refractivity contribution is 6.02. The second-order valence-electron chi connectivity index (χ2n) is 6.32. The van der Waals surface area contributed by atoms with Crippen LogP contribution in [-0.2, 0) is 9.59 Å². The van der Waals surface area contributed by atoms with Crippen LogP contribution in [0.2, 0.25) is 0 Å². The average Bonchev–Trinajstić information content (AvgIpc) is 2.63. The lowest BCUT2D eigenvalue weighted by Gasteiger charge is -2.29. The Morgan fingerprint density at radius 3 is 2.78 bits per heavy atom. The first-order chi connectivity index (χ1) is 12.9. The fraction of sp³-hybridized carbons (Fsp3) is 0.263. The predicted molar refractivity (Wildman–Crippen MR) is 98.7 cm³/mol. The summed E-state index contributed by atoms with van der Waals surface area (Å²) < 4.78 is 5.30. The maximum absolute atomic E-state index is 12.5. The van der Waals surface area contributed by atoms with E-state index in [4.69, 9.17) is 4.74 Å². The van der Waals surface area contributed by atoms with E-state index in [1.54, 1.807) is 0 Å². The lowest BCUT2D eigenvalue weighted by molar-refractivity contribution is -0.384. The normalized spacial score (nSPS) is 14.1. The number of hydrogen-bond acceptors (Lipinski definition) is 5. The molecule has 0 spiro atoms. The van der Waals surface area contributed by atoms with E-state index in [1.807, 2.05) is 38.1 Å². The molecule has 140 valence electrons. The number of amides is 2. The van der Waals surface area contributed by atoms with E-state index in [1.165, 1.54) is 23.1 Å². The van der Waals surface area contributed by atoms with Gasteiger partial charge in [0, 0.05) is 12.1 Å². The second kappa shape index (κ2) is 7.45. The quantitative estimate of drug-likeness (QED) is 0.644. The molecule has 8 heteroatoms. The summed E-state index contributed by atoms with van der Waals surface area (Å²) in [6.45, 7) is 3.36. The van der Waals surface area contributed by atoms with Gasteiger partial charge in [-0.25, -0.2) is 0 Å². The van der Waals surface area contributed by atoms with Crippen LogP contribution in [0.15, 0.2) is 42.5 Å². The van der Waals surface area contributed by atoms with Crippen LogP contribution in [-0.4, -0.2) is 29.9 Å². The van der Waals surface area contributed by atoms with Gasteiger partial charge in [-0.05, 0) is 31.0 Å². The molecule has 1 aliphatic rings. The first-order valence-corrected chi connectivity index (χ1v) is 8.43. The van der Waals surface area contributed by atoms with Gasteiger partial charge in [-0.3, -0.25) is 24.6 Å². The molecule has 1 N–H and O–H groups in total. The molecule has 2 aromatic carbocycles. The molecule has 1 atom stereocenters. The zero-order chi connectivity index (χ0) is 19.6. The molecular formula is C19H19N3O5. The van der Waals surface area contributed by atoms with Crippen LogP contribution >= 0.6 is 0 Å². The molecule has 0 radical (unpaired) electrons. The van der Waals surface area contributed by atoms with E-state index in [9.17, 15) is 19.7 Å². The van der Waals surface area contributed by atoms with Crippen molar-refractivity contribution in [3.63, 3.8) is 0 Å². The number of carbonyl (C=O) groups is 2. The zero-order valence-electron chi connectivity index (χ0n) is 15.0. The van der Waals surface area contributed by atoms with Gasteiger partial charge in [-0.1, -0.05) is 24.3 Å². The van der Waals surface area contributed by atoms with Crippen molar-refractivity contribution in [2.24, 2.45) is 0 Å². The van der Waals surface area contributed by atoms with Crippen molar-refractivity contribution in [1.82, 2.24) is 5.32 Å². The van der Waals surface area contributed by atoms with Crippen LogP contribution < -0.4 is 15.0 Å². The van der Waals surface area contributed by atoms with Crippen molar-refractivity contribution < 1.29 is 19.2 Å². The van der Waals surface area contributed by atoms with Gasteiger partial charge in [0.2, 0.25) is 5.91 Å². The van der Waals surface area contributed by atoms with Crippen molar-refractivity contribution in [3.8, 4) is 5.75 Å². The molecule has 0 saturated carbocycles. The van der Waals surface area contributed by atoms with Gasteiger partial charge in [0.05, 0.1) is 16.7 Å². The summed E-state index contributed by atoms with van der Waals surface area (Å²) in [6, 6.07) is 11.4. The number of benzene rings is 2. The summed E-state index contributed by atoms with van der Waals surface area (Å²) >= 11 is 0. The van der Waals surface area contributed by atoms with Crippen molar-refractivity contribution in [2.75, 3.05) is 18.1 Å². The van der Waals surface area contributed by atoms with Crippen LogP contribution in [0.3, 0.4) is 0 Å². The minimum absolute atomic E-state index is 0.175. The summed E-state index contributed by atoms with van der Waals surface area (Å²) in [7, 11) is 0. The molecule has 0 fully saturated rings. The van der Waals surface area contributed by atoms with Crippen LogP contribution in [0, 0.1) is 17.0 Å². The largest absolute Gasteiger partial charge is 0.482 e. The molecule has 1 unspecified atom stereocenters. The third-order valence-corrected chi connectivity index (χ3v) is 4.43. The van der Waals surface area contributed by atoms with E-state index >= 15 is 0 Å².